The number of carbonyl (C=O) groups is 1. The molecule has 134 valence electrons. The Kier molecular flexibility index (Phi) is 5.48. The Balaban J connectivity index is 1.65. The Bertz CT molecular complexity index is 972. The van der Waals surface area contributed by atoms with Crippen LogP contribution < -0.4 is 10.6 Å². The molecule has 0 aliphatic heterocycles. The summed E-state index contributed by atoms with van der Waals surface area (Å²) in [6.45, 7) is 4.00. The molecule has 0 saturated heterocycles. The lowest BCUT2D eigenvalue weighted by Gasteiger charge is -2.15. The Morgan fingerprint density at radius 2 is 1.89 bits per heavy atom. The summed E-state index contributed by atoms with van der Waals surface area (Å²) in [5, 5.41) is 15.1. The number of anilines is 2. The Hall–Kier alpha value is -3.65. The molecule has 1 aromatic heterocycles. The predicted octanol–water partition coefficient (Wildman–Crippen LogP) is 4.69. The number of aromatic nitrogens is 1. The van der Waals surface area contributed by atoms with Crippen LogP contribution in [0.3, 0.4) is 0 Å². The number of carbonyl (C=O) groups excluding carboxylic acids is 1. The molecule has 0 aliphatic rings. The van der Waals surface area contributed by atoms with Crippen molar-refractivity contribution in [1.82, 2.24) is 4.98 Å². The number of amides is 1. The van der Waals surface area contributed by atoms with Crippen molar-refractivity contribution in [3.63, 3.8) is 0 Å². The average molecular weight is 356 g/mol. The van der Waals surface area contributed by atoms with E-state index in [4.69, 9.17) is 5.26 Å². The van der Waals surface area contributed by atoms with E-state index in [1.54, 1.807) is 24.4 Å². The molecule has 0 saturated carbocycles. The van der Waals surface area contributed by atoms with Gasteiger partial charge in [0.05, 0.1) is 17.2 Å². The van der Waals surface area contributed by atoms with Gasteiger partial charge in [0, 0.05) is 17.9 Å². The number of hydrogen-bond acceptors (Lipinski definition) is 4. The van der Waals surface area contributed by atoms with Crippen molar-refractivity contribution in [2.75, 3.05) is 10.6 Å². The van der Waals surface area contributed by atoms with Gasteiger partial charge in [0.25, 0.3) is 5.91 Å². The van der Waals surface area contributed by atoms with Crippen LogP contribution in [0.4, 0.5) is 11.5 Å². The molecular weight excluding hydrogens is 336 g/mol. The molecule has 2 N–H and O–H groups in total. The molecular formula is C22H20N4O. The minimum absolute atomic E-state index is 0.0157. The highest BCUT2D eigenvalue weighted by atomic mass is 16.1. The summed E-state index contributed by atoms with van der Waals surface area (Å²) in [5.74, 6) is 0.462. The number of nitrogens with zero attached hydrogens (tertiary/aromatic N) is 2. The minimum Gasteiger partial charge on any atom is -0.364 e. The van der Waals surface area contributed by atoms with E-state index in [0.717, 1.165) is 16.8 Å². The monoisotopic (exact) mass is 356 g/mol. The van der Waals surface area contributed by atoms with Gasteiger partial charge in [0.1, 0.15) is 5.82 Å². The number of benzene rings is 2. The maximum atomic E-state index is 12.3. The molecule has 1 amide bonds. The van der Waals surface area contributed by atoms with E-state index < -0.39 is 0 Å². The Morgan fingerprint density at radius 3 is 2.56 bits per heavy atom. The zero-order chi connectivity index (χ0) is 19.2. The fraction of sp³-hybridized carbons (Fsp3) is 0.136. The molecule has 0 radical (unpaired) electrons. The highest BCUT2D eigenvalue weighted by molar-refractivity contribution is 6.04. The van der Waals surface area contributed by atoms with Crippen molar-refractivity contribution in [2.24, 2.45) is 0 Å². The number of rotatable bonds is 5. The summed E-state index contributed by atoms with van der Waals surface area (Å²) < 4.78 is 0. The van der Waals surface area contributed by atoms with E-state index in [2.05, 4.69) is 21.7 Å². The first-order valence-electron chi connectivity index (χ1n) is 8.66. The molecule has 2 aromatic carbocycles. The van der Waals surface area contributed by atoms with Crippen molar-refractivity contribution >= 4 is 17.4 Å². The van der Waals surface area contributed by atoms with E-state index in [1.165, 1.54) is 0 Å². The van der Waals surface area contributed by atoms with Crippen molar-refractivity contribution in [2.45, 2.75) is 19.9 Å². The molecule has 0 fully saturated rings. The average Bonchev–Trinajstić information content (AvgIpc) is 2.70. The van der Waals surface area contributed by atoms with Crippen LogP contribution in [0.15, 0.2) is 66.9 Å². The number of nitriles is 1. The molecule has 1 heterocycles. The van der Waals surface area contributed by atoms with E-state index >= 15 is 0 Å². The van der Waals surface area contributed by atoms with Gasteiger partial charge in [-0.15, -0.1) is 0 Å². The van der Waals surface area contributed by atoms with Gasteiger partial charge in [-0.05, 0) is 55.8 Å². The summed E-state index contributed by atoms with van der Waals surface area (Å²) in [6, 6.07) is 20.7. The second kappa shape index (κ2) is 8.15. The first-order chi connectivity index (χ1) is 13.0. The predicted molar refractivity (Wildman–Crippen MR) is 107 cm³/mol. The van der Waals surface area contributed by atoms with Crippen LogP contribution in [0.25, 0.3) is 0 Å². The third-order valence-electron chi connectivity index (χ3n) is 4.22. The fourth-order valence-electron chi connectivity index (χ4n) is 2.64. The number of nitrogens with one attached hydrogen (secondary N) is 2. The topological polar surface area (TPSA) is 77.8 Å². The summed E-state index contributed by atoms with van der Waals surface area (Å²) >= 11 is 0. The summed E-state index contributed by atoms with van der Waals surface area (Å²) in [5.41, 5.74) is 3.99. The molecule has 0 spiro atoms. The maximum absolute atomic E-state index is 12.3. The first kappa shape index (κ1) is 18.2. The standard InChI is InChI=1S/C22H20N4O/c1-15-6-9-20(10-7-15)26-22(27)19-8-11-21(24-14-19)25-16(2)18-5-3-4-17(12-18)13-23/h3-12,14,16H,1-2H3,(H,24,25)(H,26,27). The van der Waals surface area contributed by atoms with E-state index in [9.17, 15) is 4.79 Å². The van der Waals surface area contributed by atoms with Crippen LogP contribution in [0.2, 0.25) is 0 Å². The largest absolute Gasteiger partial charge is 0.364 e. The normalized spacial score (nSPS) is 11.3. The molecule has 3 aromatic rings. The van der Waals surface area contributed by atoms with E-state index in [-0.39, 0.29) is 11.9 Å². The lowest BCUT2D eigenvalue weighted by atomic mass is 10.1. The Morgan fingerprint density at radius 1 is 1.11 bits per heavy atom. The molecule has 0 bridgehead atoms. The van der Waals surface area contributed by atoms with Crippen LogP contribution in [-0.2, 0) is 0 Å². The summed E-state index contributed by atoms with van der Waals surface area (Å²) in [4.78, 5) is 16.6. The van der Waals surface area contributed by atoms with Crippen LogP contribution >= 0.6 is 0 Å². The third kappa shape index (κ3) is 4.71. The molecule has 5 heteroatoms. The van der Waals surface area contributed by atoms with Crippen molar-refractivity contribution < 1.29 is 4.79 Å². The van der Waals surface area contributed by atoms with Crippen molar-refractivity contribution in [3.8, 4) is 6.07 Å². The zero-order valence-electron chi connectivity index (χ0n) is 15.2. The molecule has 1 atom stereocenters. The van der Waals surface area contributed by atoms with Crippen LogP contribution in [0.1, 0.15) is 40.0 Å². The van der Waals surface area contributed by atoms with Gasteiger partial charge < -0.3 is 10.6 Å². The number of aryl methyl sites for hydroxylation is 1. The fourth-order valence-corrected chi connectivity index (χ4v) is 2.64. The van der Waals surface area contributed by atoms with Gasteiger partial charge >= 0.3 is 0 Å². The minimum atomic E-state index is -0.201. The van der Waals surface area contributed by atoms with Crippen LogP contribution in [0, 0.1) is 18.3 Å². The highest BCUT2D eigenvalue weighted by Crippen LogP contribution is 2.19. The van der Waals surface area contributed by atoms with E-state index in [0.29, 0.717) is 16.9 Å². The van der Waals surface area contributed by atoms with Gasteiger partial charge in [0.15, 0.2) is 0 Å². The van der Waals surface area contributed by atoms with Gasteiger partial charge in [-0.2, -0.15) is 5.26 Å². The first-order valence-corrected chi connectivity index (χ1v) is 8.66. The SMILES string of the molecule is Cc1ccc(NC(=O)c2ccc(NC(C)c3cccc(C#N)c3)nc2)cc1. The number of hydrogen-bond donors (Lipinski definition) is 2. The van der Waals surface area contributed by atoms with Crippen LogP contribution in [0.5, 0.6) is 0 Å². The second-order valence-corrected chi connectivity index (χ2v) is 6.36. The molecule has 1 unspecified atom stereocenters. The van der Waals surface area contributed by atoms with Crippen molar-refractivity contribution in [1.29, 1.82) is 5.26 Å². The quantitative estimate of drug-likeness (QED) is 0.695. The van der Waals surface area contributed by atoms with Gasteiger partial charge in [-0.3, -0.25) is 4.79 Å². The maximum Gasteiger partial charge on any atom is 0.257 e. The lowest BCUT2D eigenvalue weighted by molar-refractivity contribution is 0.102. The number of pyridine rings is 1. The molecule has 0 aliphatic carbocycles. The smallest absolute Gasteiger partial charge is 0.257 e. The second-order valence-electron chi connectivity index (χ2n) is 6.36. The highest BCUT2D eigenvalue weighted by Gasteiger charge is 2.09. The molecule has 27 heavy (non-hydrogen) atoms. The molecule has 5 nitrogen and oxygen atoms in total. The van der Waals surface area contributed by atoms with Crippen LogP contribution in [-0.4, -0.2) is 10.9 Å². The van der Waals surface area contributed by atoms with Gasteiger partial charge in [-0.25, -0.2) is 4.98 Å². The third-order valence-corrected chi connectivity index (χ3v) is 4.22. The lowest BCUT2D eigenvalue weighted by Crippen LogP contribution is -2.13. The zero-order valence-corrected chi connectivity index (χ0v) is 15.2. The van der Waals surface area contributed by atoms with Crippen molar-refractivity contribution in [3.05, 3.63) is 89.1 Å². The Labute approximate surface area is 158 Å². The molecule has 3 rings (SSSR count). The summed E-state index contributed by atoms with van der Waals surface area (Å²) in [7, 11) is 0. The van der Waals surface area contributed by atoms with E-state index in [1.807, 2.05) is 56.3 Å². The van der Waals surface area contributed by atoms with Gasteiger partial charge in [0.2, 0.25) is 0 Å². The summed E-state index contributed by atoms with van der Waals surface area (Å²) in [6.07, 6.45) is 1.55. The van der Waals surface area contributed by atoms with Gasteiger partial charge in [-0.1, -0.05) is 29.8 Å².